The maximum Gasteiger partial charge on any atom is 0.404 e. The van der Waals surface area contributed by atoms with Crippen LogP contribution in [0.25, 0.3) is 0 Å². The molecule has 0 unspecified atom stereocenters. The lowest BCUT2D eigenvalue weighted by Gasteiger charge is -2.04. The zero-order valence-electron chi connectivity index (χ0n) is 8.86. The second-order valence-electron chi connectivity index (χ2n) is 3.07. The Morgan fingerprint density at radius 3 is 2.87 bits per heavy atom. The Morgan fingerprint density at radius 1 is 1.60 bits per heavy atom. The lowest BCUT2D eigenvalue weighted by atomic mass is 10.5. The molecule has 7 nitrogen and oxygen atoms in total. The van der Waals surface area contributed by atoms with Crippen LogP contribution in [0.2, 0.25) is 0 Å². The van der Waals surface area contributed by atoms with Crippen LogP contribution in [0.4, 0.5) is 4.79 Å². The van der Waals surface area contributed by atoms with Gasteiger partial charge < -0.3 is 20.4 Å². The summed E-state index contributed by atoms with van der Waals surface area (Å²) in [5, 5.41) is 10.9. The van der Waals surface area contributed by atoms with Gasteiger partial charge in [0.25, 0.3) is 0 Å². The molecule has 0 aliphatic heterocycles. The van der Waals surface area contributed by atoms with Crippen molar-refractivity contribution in [3.05, 3.63) is 11.6 Å². The van der Waals surface area contributed by atoms with E-state index >= 15 is 0 Å². The highest BCUT2D eigenvalue weighted by atomic mass is 16.5. The van der Waals surface area contributed by atoms with Crippen LogP contribution < -0.4 is 11.1 Å². The minimum atomic E-state index is -0.758. The van der Waals surface area contributed by atoms with E-state index in [0.29, 0.717) is 13.1 Å². The van der Waals surface area contributed by atoms with Gasteiger partial charge in [0.15, 0.2) is 0 Å². The number of hydrogen-bond acceptors (Lipinski definition) is 5. The van der Waals surface area contributed by atoms with Gasteiger partial charge in [-0.2, -0.15) is 0 Å². The molecular weight excluding hydrogens is 198 g/mol. The molecule has 0 saturated heterocycles. The summed E-state index contributed by atoms with van der Waals surface area (Å²) in [6.07, 6.45) is -0.758. The highest BCUT2D eigenvalue weighted by Gasteiger charge is 2.03. The molecule has 3 N–H and O–H groups in total. The monoisotopic (exact) mass is 213 g/mol. The molecule has 1 rings (SSSR count). The Balaban J connectivity index is 2.20. The van der Waals surface area contributed by atoms with Gasteiger partial charge >= 0.3 is 6.09 Å². The van der Waals surface area contributed by atoms with Crippen LogP contribution in [0.3, 0.4) is 0 Å². The summed E-state index contributed by atoms with van der Waals surface area (Å²) >= 11 is 0. The molecule has 0 aliphatic rings. The number of nitrogens with two attached hydrogens (primary N) is 1. The highest BCUT2D eigenvalue weighted by molar-refractivity contribution is 5.64. The predicted octanol–water partition coefficient (Wildman–Crippen LogP) is -0.692. The van der Waals surface area contributed by atoms with Crippen LogP contribution in [0.15, 0.2) is 0 Å². The molecule has 0 aromatic carbocycles. The summed E-state index contributed by atoms with van der Waals surface area (Å²) < 4.78 is 6.44. The van der Waals surface area contributed by atoms with Gasteiger partial charge in [-0.25, -0.2) is 4.79 Å². The van der Waals surface area contributed by atoms with Crippen molar-refractivity contribution in [1.82, 2.24) is 20.1 Å². The first kappa shape index (κ1) is 11.4. The third kappa shape index (κ3) is 3.55. The number of aryl methyl sites for hydroxylation is 1. The van der Waals surface area contributed by atoms with Gasteiger partial charge in [0, 0.05) is 13.6 Å². The second kappa shape index (κ2) is 5.30. The fourth-order valence-electron chi connectivity index (χ4n) is 1.03. The number of carbonyl (C=O) groups excluding carboxylic acids is 1. The lowest BCUT2D eigenvalue weighted by molar-refractivity contribution is 0.157. The van der Waals surface area contributed by atoms with Crippen molar-refractivity contribution < 1.29 is 9.53 Å². The normalized spacial score (nSPS) is 10.3. The molecule has 0 bridgehead atoms. The Kier molecular flexibility index (Phi) is 4.04. The van der Waals surface area contributed by atoms with E-state index in [1.165, 1.54) is 0 Å². The number of nitrogens with zero attached hydrogens (tertiary/aromatic N) is 3. The summed E-state index contributed by atoms with van der Waals surface area (Å²) in [5.74, 6) is 1.70. The third-order valence-electron chi connectivity index (χ3n) is 1.99. The molecule has 1 aromatic heterocycles. The quantitative estimate of drug-likeness (QED) is 0.631. The van der Waals surface area contributed by atoms with E-state index in [1.54, 1.807) is 0 Å². The first-order chi connectivity index (χ1) is 7.11. The van der Waals surface area contributed by atoms with Gasteiger partial charge in [0.1, 0.15) is 18.3 Å². The molecule has 1 amide bonds. The third-order valence-corrected chi connectivity index (χ3v) is 1.99. The molecule has 7 heteroatoms. The number of hydrogen-bond donors (Lipinski definition) is 2. The number of carbonyl (C=O) groups is 1. The number of nitrogens with one attached hydrogen (secondary N) is 1. The van der Waals surface area contributed by atoms with Crippen molar-refractivity contribution in [2.45, 2.75) is 13.5 Å². The lowest BCUT2D eigenvalue weighted by Crippen LogP contribution is -2.24. The predicted molar refractivity (Wildman–Crippen MR) is 53.0 cm³/mol. The maximum atomic E-state index is 10.2. The van der Waals surface area contributed by atoms with Crippen molar-refractivity contribution in [3.8, 4) is 0 Å². The molecule has 1 aromatic rings. The van der Waals surface area contributed by atoms with E-state index in [1.807, 2.05) is 18.5 Å². The molecule has 0 radical (unpaired) electrons. The topological polar surface area (TPSA) is 95.1 Å². The largest absolute Gasteiger partial charge is 0.448 e. The zero-order valence-corrected chi connectivity index (χ0v) is 8.86. The van der Waals surface area contributed by atoms with Gasteiger partial charge in [-0.1, -0.05) is 0 Å². The summed E-state index contributed by atoms with van der Waals surface area (Å²) in [5.41, 5.74) is 4.80. The summed E-state index contributed by atoms with van der Waals surface area (Å²) in [6.45, 7) is 3.26. The fraction of sp³-hybridized carbons (Fsp3) is 0.625. The number of primary amides is 1. The van der Waals surface area contributed by atoms with Crippen molar-refractivity contribution in [2.24, 2.45) is 12.8 Å². The summed E-state index contributed by atoms with van der Waals surface area (Å²) in [7, 11) is 1.90. The first-order valence-corrected chi connectivity index (χ1v) is 4.59. The van der Waals surface area contributed by atoms with Crippen molar-refractivity contribution in [1.29, 1.82) is 0 Å². The van der Waals surface area contributed by atoms with Crippen molar-refractivity contribution >= 4 is 6.09 Å². The molecule has 0 atom stereocenters. The Hall–Kier alpha value is -1.63. The standard InChI is InChI=1S/C8H15N5O2/c1-6-11-12-7(13(6)2)5-10-3-4-15-8(9)14/h10H,3-5H2,1-2H3,(H2,9,14). The SMILES string of the molecule is Cc1nnc(CNCCOC(N)=O)n1C. The Morgan fingerprint density at radius 2 is 2.33 bits per heavy atom. The van der Waals surface area contributed by atoms with Crippen LogP contribution in [0.1, 0.15) is 11.6 Å². The molecule has 0 saturated carbocycles. The van der Waals surface area contributed by atoms with Gasteiger partial charge in [0.2, 0.25) is 0 Å². The van der Waals surface area contributed by atoms with Crippen LogP contribution in [0, 0.1) is 6.92 Å². The molecule has 0 aliphatic carbocycles. The average Bonchev–Trinajstić information content (AvgIpc) is 2.48. The molecule has 0 fully saturated rings. The van der Waals surface area contributed by atoms with Crippen LogP contribution in [0.5, 0.6) is 0 Å². The first-order valence-electron chi connectivity index (χ1n) is 4.59. The second-order valence-corrected chi connectivity index (χ2v) is 3.07. The van der Waals surface area contributed by atoms with Crippen LogP contribution in [-0.4, -0.2) is 34.0 Å². The van der Waals surface area contributed by atoms with Crippen molar-refractivity contribution in [3.63, 3.8) is 0 Å². The minimum absolute atomic E-state index is 0.256. The fourth-order valence-corrected chi connectivity index (χ4v) is 1.03. The average molecular weight is 213 g/mol. The molecule has 0 spiro atoms. The Bertz CT molecular complexity index is 336. The summed E-state index contributed by atoms with van der Waals surface area (Å²) in [6, 6.07) is 0. The number of ether oxygens (including phenoxy) is 1. The number of amides is 1. The minimum Gasteiger partial charge on any atom is -0.448 e. The van der Waals surface area contributed by atoms with E-state index in [-0.39, 0.29) is 6.61 Å². The molecule has 15 heavy (non-hydrogen) atoms. The van der Waals surface area contributed by atoms with Crippen LogP contribution >= 0.6 is 0 Å². The van der Waals surface area contributed by atoms with Gasteiger partial charge in [0.05, 0.1) is 6.54 Å². The van der Waals surface area contributed by atoms with Gasteiger partial charge in [-0.05, 0) is 6.92 Å². The highest BCUT2D eigenvalue weighted by Crippen LogP contribution is 1.95. The number of aromatic nitrogens is 3. The summed E-state index contributed by atoms with van der Waals surface area (Å²) in [4.78, 5) is 10.2. The van der Waals surface area contributed by atoms with E-state index in [2.05, 4.69) is 20.3 Å². The van der Waals surface area contributed by atoms with E-state index in [4.69, 9.17) is 5.73 Å². The van der Waals surface area contributed by atoms with E-state index < -0.39 is 6.09 Å². The number of rotatable bonds is 5. The maximum absolute atomic E-state index is 10.2. The smallest absolute Gasteiger partial charge is 0.404 e. The molecular formula is C8H15N5O2. The molecule has 84 valence electrons. The van der Waals surface area contributed by atoms with Gasteiger partial charge in [-0.3, -0.25) is 0 Å². The van der Waals surface area contributed by atoms with E-state index in [0.717, 1.165) is 11.6 Å². The zero-order chi connectivity index (χ0) is 11.3. The van der Waals surface area contributed by atoms with Crippen molar-refractivity contribution in [2.75, 3.05) is 13.2 Å². The Labute approximate surface area is 87.6 Å². The van der Waals surface area contributed by atoms with Gasteiger partial charge in [-0.15, -0.1) is 10.2 Å². The molecule has 1 heterocycles. The van der Waals surface area contributed by atoms with Crippen LogP contribution in [-0.2, 0) is 18.3 Å². The van der Waals surface area contributed by atoms with E-state index in [9.17, 15) is 4.79 Å².